The van der Waals surface area contributed by atoms with Crippen LogP contribution < -0.4 is 11.1 Å². The Bertz CT molecular complexity index is 1060. The molecule has 3 aromatic rings. The Morgan fingerprint density at radius 2 is 1.76 bits per heavy atom. The van der Waals surface area contributed by atoms with E-state index in [1.165, 1.54) is 17.1 Å². The third-order valence-corrected chi connectivity index (χ3v) is 4.64. The molecule has 0 saturated heterocycles. The van der Waals surface area contributed by atoms with Crippen molar-refractivity contribution in [1.29, 1.82) is 0 Å². The molecule has 1 aromatic heterocycles. The molecule has 0 aliphatic heterocycles. The molecule has 1 N–H and O–H groups in total. The molecular formula is C22H24N2O5. The van der Waals surface area contributed by atoms with E-state index in [4.69, 9.17) is 9.15 Å². The van der Waals surface area contributed by atoms with Gasteiger partial charge in [-0.2, -0.15) is 0 Å². The average molecular weight is 396 g/mol. The van der Waals surface area contributed by atoms with Gasteiger partial charge in [-0.25, -0.2) is 4.79 Å². The van der Waals surface area contributed by atoms with Gasteiger partial charge in [0.25, 0.3) is 5.91 Å². The van der Waals surface area contributed by atoms with E-state index in [9.17, 15) is 14.4 Å². The Morgan fingerprint density at radius 1 is 1.07 bits per heavy atom. The number of aryl methyl sites for hydroxylation is 1. The topological polar surface area (TPSA) is 90.5 Å². The number of benzene rings is 2. The maximum Gasteiger partial charge on any atom is 0.419 e. The lowest BCUT2D eigenvalue weighted by Crippen LogP contribution is -2.30. The SMILES string of the molecule is CC(C)c1ccc(NC(=O)[C@@H](C)OC(=O)CCn2c(=O)oc3ccccc32)cc1. The lowest BCUT2D eigenvalue weighted by atomic mass is 10.0. The largest absolute Gasteiger partial charge is 0.452 e. The molecule has 0 saturated carbocycles. The molecule has 2 aromatic carbocycles. The molecule has 1 atom stereocenters. The first-order chi connectivity index (χ1) is 13.8. The lowest BCUT2D eigenvalue weighted by molar-refractivity contribution is -0.153. The van der Waals surface area contributed by atoms with Gasteiger partial charge in [-0.1, -0.05) is 38.1 Å². The number of para-hydroxylation sites is 2. The molecule has 7 heteroatoms. The maximum absolute atomic E-state index is 12.3. The molecule has 0 unspecified atom stereocenters. The fourth-order valence-corrected chi connectivity index (χ4v) is 2.93. The molecule has 0 spiro atoms. The van der Waals surface area contributed by atoms with E-state index in [0.717, 1.165) is 0 Å². The molecular weight excluding hydrogens is 372 g/mol. The Hall–Kier alpha value is -3.35. The minimum atomic E-state index is -0.954. The van der Waals surface area contributed by atoms with Crippen LogP contribution in [-0.2, 0) is 20.9 Å². The third kappa shape index (κ3) is 4.93. The number of amides is 1. The summed E-state index contributed by atoms with van der Waals surface area (Å²) < 4.78 is 11.7. The van der Waals surface area contributed by atoms with E-state index in [2.05, 4.69) is 19.2 Å². The van der Waals surface area contributed by atoms with Crippen LogP contribution in [0.1, 0.15) is 38.7 Å². The zero-order valence-corrected chi connectivity index (χ0v) is 16.7. The summed E-state index contributed by atoms with van der Waals surface area (Å²) in [6.07, 6.45) is -1.01. The number of aromatic nitrogens is 1. The molecule has 7 nitrogen and oxygen atoms in total. The second-order valence-corrected chi connectivity index (χ2v) is 7.14. The number of nitrogens with one attached hydrogen (secondary N) is 1. The van der Waals surface area contributed by atoms with Gasteiger partial charge in [-0.15, -0.1) is 0 Å². The number of oxazole rings is 1. The highest BCUT2D eigenvalue weighted by Crippen LogP contribution is 2.17. The number of hydrogen-bond acceptors (Lipinski definition) is 5. The first-order valence-electron chi connectivity index (χ1n) is 9.54. The molecule has 3 rings (SSSR count). The Labute approximate surface area is 168 Å². The van der Waals surface area contributed by atoms with E-state index < -0.39 is 23.7 Å². The lowest BCUT2D eigenvalue weighted by Gasteiger charge is -2.14. The van der Waals surface area contributed by atoms with Gasteiger partial charge < -0.3 is 14.5 Å². The molecule has 0 aliphatic rings. The van der Waals surface area contributed by atoms with E-state index >= 15 is 0 Å². The quantitative estimate of drug-likeness (QED) is 0.615. The number of nitrogens with zero attached hydrogens (tertiary/aromatic N) is 1. The van der Waals surface area contributed by atoms with Crippen molar-refractivity contribution in [2.45, 2.75) is 45.8 Å². The van der Waals surface area contributed by atoms with Gasteiger partial charge in [0.1, 0.15) is 0 Å². The van der Waals surface area contributed by atoms with Crippen molar-refractivity contribution in [2.75, 3.05) is 5.32 Å². The fraction of sp³-hybridized carbons (Fsp3) is 0.318. The van der Waals surface area contributed by atoms with Crippen LogP contribution in [-0.4, -0.2) is 22.5 Å². The molecule has 1 heterocycles. The number of fused-ring (bicyclic) bond motifs is 1. The normalized spacial score (nSPS) is 12.1. The van der Waals surface area contributed by atoms with E-state index in [-0.39, 0.29) is 13.0 Å². The van der Waals surface area contributed by atoms with E-state index in [0.29, 0.717) is 22.7 Å². The highest BCUT2D eigenvalue weighted by molar-refractivity contribution is 5.95. The van der Waals surface area contributed by atoms with Crippen LogP contribution in [0.2, 0.25) is 0 Å². The summed E-state index contributed by atoms with van der Waals surface area (Å²) in [7, 11) is 0. The predicted octanol–water partition coefficient (Wildman–Crippen LogP) is 3.68. The highest BCUT2D eigenvalue weighted by atomic mass is 16.5. The highest BCUT2D eigenvalue weighted by Gasteiger charge is 2.19. The molecule has 29 heavy (non-hydrogen) atoms. The number of esters is 1. The van der Waals surface area contributed by atoms with Gasteiger partial charge in [0.05, 0.1) is 11.9 Å². The van der Waals surface area contributed by atoms with Crippen molar-refractivity contribution >= 4 is 28.7 Å². The van der Waals surface area contributed by atoms with Gasteiger partial charge in [0, 0.05) is 12.2 Å². The monoisotopic (exact) mass is 396 g/mol. The second-order valence-electron chi connectivity index (χ2n) is 7.14. The molecule has 0 bridgehead atoms. The number of carbonyl (C=O) groups is 2. The Kier molecular flexibility index (Phi) is 6.16. The van der Waals surface area contributed by atoms with E-state index in [1.54, 1.807) is 24.3 Å². The number of rotatable bonds is 7. The average Bonchev–Trinajstić information content (AvgIpc) is 3.01. The second kappa shape index (κ2) is 8.77. The van der Waals surface area contributed by atoms with Crippen LogP contribution in [0.15, 0.2) is 57.7 Å². The van der Waals surface area contributed by atoms with Gasteiger partial charge in [0.2, 0.25) is 0 Å². The van der Waals surface area contributed by atoms with Crippen molar-refractivity contribution in [2.24, 2.45) is 0 Å². The first-order valence-corrected chi connectivity index (χ1v) is 9.54. The molecule has 0 radical (unpaired) electrons. The van der Waals surface area contributed by atoms with Crippen molar-refractivity contribution in [1.82, 2.24) is 4.57 Å². The van der Waals surface area contributed by atoms with Gasteiger partial charge in [-0.3, -0.25) is 14.2 Å². The van der Waals surface area contributed by atoms with Crippen molar-refractivity contribution in [3.05, 3.63) is 64.6 Å². The third-order valence-electron chi connectivity index (χ3n) is 4.64. The molecule has 152 valence electrons. The van der Waals surface area contributed by atoms with Gasteiger partial charge in [0.15, 0.2) is 11.7 Å². The standard InChI is InChI=1S/C22H24N2O5/c1-14(2)16-8-10-17(11-9-16)23-21(26)15(3)28-20(25)12-13-24-18-6-4-5-7-19(18)29-22(24)27/h4-11,14-15H,12-13H2,1-3H3,(H,23,26)/t15-/m1/s1. The fourth-order valence-electron chi connectivity index (χ4n) is 2.93. The number of carbonyl (C=O) groups excluding carboxylic acids is 2. The van der Waals surface area contributed by atoms with Crippen LogP contribution in [0.5, 0.6) is 0 Å². The summed E-state index contributed by atoms with van der Waals surface area (Å²) in [5, 5.41) is 2.73. The molecule has 0 aliphatic carbocycles. The number of hydrogen-bond donors (Lipinski definition) is 1. The Balaban J connectivity index is 1.53. The van der Waals surface area contributed by atoms with Crippen LogP contribution >= 0.6 is 0 Å². The minimum Gasteiger partial charge on any atom is -0.452 e. The maximum atomic E-state index is 12.3. The summed E-state index contributed by atoms with van der Waals surface area (Å²) in [5.41, 5.74) is 2.88. The van der Waals surface area contributed by atoms with Crippen LogP contribution in [0.4, 0.5) is 5.69 Å². The van der Waals surface area contributed by atoms with Crippen LogP contribution in [0.3, 0.4) is 0 Å². The number of anilines is 1. The van der Waals surface area contributed by atoms with Crippen molar-refractivity contribution < 1.29 is 18.7 Å². The van der Waals surface area contributed by atoms with Gasteiger partial charge >= 0.3 is 11.7 Å². The summed E-state index contributed by atoms with van der Waals surface area (Å²) in [6.45, 7) is 5.81. The zero-order chi connectivity index (χ0) is 21.0. The first kappa shape index (κ1) is 20.4. The predicted molar refractivity (Wildman–Crippen MR) is 110 cm³/mol. The smallest absolute Gasteiger partial charge is 0.419 e. The zero-order valence-electron chi connectivity index (χ0n) is 16.7. The number of ether oxygens (including phenoxy) is 1. The van der Waals surface area contributed by atoms with Crippen molar-refractivity contribution in [3.8, 4) is 0 Å². The van der Waals surface area contributed by atoms with Crippen LogP contribution in [0, 0.1) is 0 Å². The summed E-state index contributed by atoms with van der Waals surface area (Å²) in [4.78, 5) is 36.3. The van der Waals surface area contributed by atoms with Crippen LogP contribution in [0.25, 0.3) is 11.1 Å². The van der Waals surface area contributed by atoms with Crippen molar-refractivity contribution in [3.63, 3.8) is 0 Å². The minimum absolute atomic E-state index is 0.0514. The summed E-state index contributed by atoms with van der Waals surface area (Å²) in [5.74, 6) is -1.12. The molecule has 1 amide bonds. The summed E-state index contributed by atoms with van der Waals surface area (Å²) >= 11 is 0. The summed E-state index contributed by atoms with van der Waals surface area (Å²) in [6, 6.07) is 14.5. The Morgan fingerprint density at radius 3 is 2.45 bits per heavy atom. The van der Waals surface area contributed by atoms with E-state index in [1.807, 2.05) is 24.3 Å². The molecule has 0 fully saturated rings. The van der Waals surface area contributed by atoms with Gasteiger partial charge in [-0.05, 0) is 42.7 Å².